The maximum atomic E-state index is 12.9. The molecule has 0 saturated heterocycles. The lowest BCUT2D eigenvalue weighted by atomic mass is 10.3. The van der Waals surface area contributed by atoms with E-state index in [4.69, 9.17) is 21.4 Å². The minimum atomic E-state index is -0.390. The van der Waals surface area contributed by atoms with Crippen molar-refractivity contribution >= 4 is 33.2 Å². The molecule has 0 atom stereocenters. The van der Waals surface area contributed by atoms with Crippen molar-refractivity contribution in [3.63, 3.8) is 0 Å². The van der Waals surface area contributed by atoms with Gasteiger partial charge in [-0.1, -0.05) is 11.6 Å². The van der Waals surface area contributed by atoms with Crippen molar-refractivity contribution in [3.05, 3.63) is 27.4 Å². The van der Waals surface area contributed by atoms with Crippen LogP contribution in [-0.2, 0) is 4.74 Å². The topological polar surface area (TPSA) is 41.5 Å². The predicted octanol–water partition coefficient (Wildman–Crippen LogP) is 2.66. The highest BCUT2D eigenvalue weighted by atomic mass is 79.9. The van der Waals surface area contributed by atoms with Crippen LogP contribution >= 0.6 is 27.5 Å². The van der Waals surface area contributed by atoms with Crippen molar-refractivity contribution in [2.45, 2.75) is 0 Å². The summed E-state index contributed by atoms with van der Waals surface area (Å²) in [7, 11) is 0. The largest absolute Gasteiger partial charge is 0.394 e. The molecule has 0 heterocycles. The first-order chi connectivity index (χ1) is 7.65. The second-order valence-electron chi connectivity index (χ2n) is 3.01. The first-order valence-corrected chi connectivity index (χ1v) is 5.89. The van der Waals surface area contributed by atoms with E-state index in [1.807, 2.05) is 0 Å². The summed E-state index contributed by atoms with van der Waals surface area (Å²) in [5, 5.41) is 11.8. The summed E-state index contributed by atoms with van der Waals surface area (Å²) in [6, 6.07) is 2.58. The maximum absolute atomic E-state index is 12.9. The minimum Gasteiger partial charge on any atom is -0.394 e. The van der Waals surface area contributed by atoms with Crippen LogP contribution in [-0.4, -0.2) is 31.5 Å². The Bertz CT molecular complexity index is 329. The molecule has 0 saturated carbocycles. The highest BCUT2D eigenvalue weighted by molar-refractivity contribution is 9.10. The number of hydrogen-bond acceptors (Lipinski definition) is 3. The first-order valence-electron chi connectivity index (χ1n) is 4.72. The van der Waals surface area contributed by atoms with E-state index in [1.54, 1.807) is 0 Å². The molecule has 16 heavy (non-hydrogen) atoms. The van der Waals surface area contributed by atoms with Crippen LogP contribution in [0.4, 0.5) is 10.1 Å². The number of halogens is 3. The number of benzene rings is 1. The molecular weight excluding hydrogens is 300 g/mol. The van der Waals surface area contributed by atoms with Gasteiger partial charge in [0.1, 0.15) is 5.82 Å². The van der Waals surface area contributed by atoms with Crippen LogP contribution in [0.2, 0.25) is 5.02 Å². The summed E-state index contributed by atoms with van der Waals surface area (Å²) in [5.41, 5.74) is 0.635. The fourth-order valence-electron chi connectivity index (χ4n) is 1.13. The van der Waals surface area contributed by atoms with Gasteiger partial charge in [0, 0.05) is 11.0 Å². The highest BCUT2D eigenvalue weighted by Gasteiger charge is 2.07. The van der Waals surface area contributed by atoms with Gasteiger partial charge in [0.05, 0.1) is 30.5 Å². The molecule has 1 aromatic carbocycles. The average Bonchev–Trinajstić information content (AvgIpc) is 2.20. The molecule has 90 valence electrons. The van der Waals surface area contributed by atoms with Crippen LogP contribution < -0.4 is 5.32 Å². The van der Waals surface area contributed by atoms with Gasteiger partial charge >= 0.3 is 0 Å². The molecule has 0 aliphatic carbocycles. The third-order valence-electron chi connectivity index (χ3n) is 1.79. The minimum absolute atomic E-state index is 0.000991. The molecule has 1 rings (SSSR count). The van der Waals surface area contributed by atoms with Gasteiger partial charge in [-0.3, -0.25) is 0 Å². The van der Waals surface area contributed by atoms with E-state index >= 15 is 0 Å². The molecule has 0 aliphatic heterocycles. The number of aliphatic hydroxyl groups excluding tert-OH is 1. The van der Waals surface area contributed by atoms with Gasteiger partial charge in [-0.2, -0.15) is 0 Å². The van der Waals surface area contributed by atoms with Crippen LogP contribution in [0, 0.1) is 5.82 Å². The second-order valence-corrected chi connectivity index (χ2v) is 4.27. The number of ether oxygens (including phenoxy) is 1. The Balaban J connectivity index is 2.47. The molecule has 0 radical (unpaired) electrons. The lowest BCUT2D eigenvalue weighted by molar-refractivity contribution is 0.0992. The van der Waals surface area contributed by atoms with E-state index in [0.29, 0.717) is 34.9 Å². The van der Waals surface area contributed by atoms with E-state index < -0.39 is 0 Å². The van der Waals surface area contributed by atoms with Gasteiger partial charge in [0.2, 0.25) is 0 Å². The standard InChI is InChI=1S/C10H12BrClFNO2/c11-8-5-7(13)6-9(12)10(8)14-1-3-16-4-2-15/h5-6,14-15H,1-4H2. The molecule has 1 aromatic rings. The summed E-state index contributed by atoms with van der Waals surface area (Å²) in [6.07, 6.45) is 0. The van der Waals surface area contributed by atoms with Gasteiger partial charge in [0.15, 0.2) is 0 Å². The smallest absolute Gasteiger partial charge is 0.125 e. The van der Waals surface area contributed by atoms with Gasteiger partial charge in [-0.05, 0) is 28.1 Å². The van der Waals surface area contributed by atoms with E-state index in [2.05, 4.69) is 21.2 Å². The summed E-state index contributed by atoms with van der Waals surface area (Å²) in [4.78, 5) is 0. The van der Waals surface area contributed by atoms with Crippen molar-refractivity contribution in [2.75, 3.05) is 31.7 Å². The number of nitrogens with one attached hydrogen (secondary N) is 1. The van der Waals surface area contributed by atoms with Crippen molar-refractivity contribution in [3.8, 4) is 0 Å². The molecule has 0 bridgehead atoms. The Kier molecular flexibility index (Phi) is 6.05. The third kappa shape index (κ3) is 4.25. The third-order valence-corrected chi connectivity index (χ3v) is 2.71. The van der Waals surface area contributed by atoms with Crippen LogP contribution in [0.3, 0.4) is 0 Å². The van der Waals surface area contributed by atoms with Gasteiger partial charge in [-0.15, -0.1) is 0 Å². The maximum Gasteiger partial charge on any atom is 0.125 e. The zero-order valence-corrected chi connectivity index (χ0v) is 10.8. The van der Waals surface area contributed by atoms with Gasteiger partial charge in [0.25, 0.3) is 0 Å². The van der Waals surface area contributed by atoms with Crippen LogP contribution in [0.25, 0.3) is 0 Å². The zero-order valence-electron chi connectivity index (χ0n) is 8.47. The average molecular weight is 313 g/mol. The number of hydrogen-bond donors (Lipinski definition) is 2. The molecule has 0 spiro atoms. The molecular formula is C10H12BrClFNO2. The molecule has 0 aliphatic rings. The van der Waals surface area contributed by atoms with Crippen molar-refractivity contribution < 1.29 is 14.2 Å². The summed E-state index contributed by atoms with van der Waals surface area (Å²) < 4.78 is 18.5. The second kappa shape index (κ2) is 7.06. The number of aliphatic hydroxyl groups is 1. The Labute approximate surface area is 107 Å². The van der Waals surface area contributed by atoms with Gasteiger partial charge < -0.3 is 15.2 Å². The molecule has 0 fully saturated rings. The van der Waals surface area contributed by atoms with Crippen molar-refractivity contribution in [1.82, 2.24) is 0 Å². The Morgan fingerprint density at radius 2 is 2.19 bits per heavy atom. The molecule has 2 N–H and O–H groups in total. The summed E-state index contributed by atoms with van der Waals surface area (Å²) in [6.45, 7) is 1.28. The molecule has 0 aromatic heterocycles. The zero-order chi connectivity index (χ0) is 12.0. The van der Waals surface area contributed by atoms with E-state index in [0.717, 1.165) is 0 Å². The quantitative estimate of drug-likeness (QED) is 0.794. The van der Waals surface area contributed by atoms with E-state index in [9.17, 15) is 4.39 Å². The van der Waals surface area contributed by atoms with Crippen LogP contribution in [0.5, 0.6) is 0 Å². The predicted molar refractivity (Wildman–Crippen MR) is 65.5 cm³/mol. The van der Waals surface area contributed by atoms with Crippen molar-refractivity contribution in [2.24, 2.45) is 0 Å². The highest BCUT2D eigenvalue weighted by Crippen LogP contribution is 2.31. The summed E-state index contributed by atoms with van der Waals surface area (Å²) >= 11 is 9.07. The van der Waals surface area contributed by atoms with Crippen LogP contribution in [0.1, 0.15) is 0 Å². The van der Waals surface area contributed by atoms with Crippen LogP contribution in [0.15, 0.2) is 16.6 Å². The Hall–Kier alpha value is -0.360. The van der Waals surface area contributed by atoms with Crippen molar-refractivity contribution in [1.29, 1.82) is 0 Å². The first kappa shape index (κ1) is 13.7. The number of rotatable bonds is 6. The van der Waals surface area contributed by atoms with E-state index in [-0.39, 0.29) is 12.4 Å². The number of anilines is 1. The Morgan fingerprint density at radius 1 is 1.44 bits per heavy atom. The molecule has 6 heteroatoms. The Morgan fingerprint density at radius 3 is 2.81 bits per heavy atom. The van der Waals surface area contributed by atoms with Gasteiger partial charge in [-0.25, -0.2) is 4.39 Å². The molecule has 3 nitrogen and oxygen atoms in total. The van der Waals surface area contributed by atoms with E-state index in [1.165, 1.54) is 12.1 Å². The summed E-state index contributed by atoms with van der Waals surface area (Å²) in [5.74, 6) is -0.390. The molecule has 0 unspecified atom stereocenters. The normalized spacial score (nSPS) is 10.5. The SMILES string of the molecule is OCCOCCNc1c(Cl)cc(F)cc1Br. The molecule has 0 amide bonds. The lowest BCUT2D eigenvalue weighted by Gasteiger charge is -2.10. The monoisotopic (exact) mass is 311 g/mol. The fourth-order valence-corrected chi connectivity index (χ4v) is 2.09. The lowest BCUT2D eigenvalue weighted by Crippen LogP contribution is -2.12. The fraction of sp³-hybridized carbons (Fsp3) is 0.400.